The van der Waals surface area contributed by atoms with Gasteiger partial charge in [0.2, 0.25) is 0 Å². The standard InChI is InChI=1S/C13H19BrN2O2S/c1-4-17-11-8-9(13(15)19)7-10(14)12(11)18-6-5-16(2)3/h7-8H,4-6H2,1-3H3,(H2,15,19). The van der Waals surface area contributed by atoms with Crippen LogP contribution in [0.5, 0.6) is 11.5 Å². The van der Waals surface area contributed by atoms with E-state index in [1.807, 2.05) is 33.2 Å². The van der Waals surface area contributed by atoms with E-state index in [2.05, 4.69) is 20.8 Å². The third-order valence-electron chi connectivity index (χ3n) is 2.38. The van der Waals surface area contributed by atoms with Gasteiger partial charge in [0.25, 0.3) is 0 Å². The zero-order chi connectivity index (χ0) is 14.4. The molecular formula is C13H19BrN2O2S. The molecule has 4 nitrogen and oxygen atoms in total. The van der Waals surface area contributed by atoms with Crippen LogP contribution in [-0.2, 0) is 0 Å². The molecule has 6 heteroatoms. The highest BCUT2D eigenvalue weighted by Gasteiger charge is 2.13. The van der Waals surface area contributed by atoms with Crippen LogP contribution in [-0.4, -0.2) is 43.7 Å². The molecule has 0 aliphatic carbocycles. The van der Waals surface area contributed by atoms with E-state index in [0.717, 1.165) is 16.6 Å². The number of hydrogen-bond donors (Lipinski definition) is 1. The van der Waals surface area contributed by atoms with Crippen molar-refractivity contribution < 1.29 is 9.47 Å². The minimum atomic E-state index is 0.335. The fraction of sp³-hybridized carbons (Fsp3) is 0.462. The van der Waals surface area contributed by atoms with Crippen LogP contribution < -0.4 is 15.2 Å². The number of rotatable bonds is 7. The van der Waals surface area contributed by atoms with Crippen molar-refractivity contribution in [2.24, 2.45) is 5.73 Å². The van der Waals surface area contributed by atoms with E-state index in [1.165, 1.54) is 0 Å². The van der Waals surface area contributed by atoms with Gasteiger partial charge in [0.05, 0.1) is 11.1 Å². The molecule has 2 N–H and O–H groups in total. The van der Waals surface area contributed by atoms with Gasteiger partial charge < -0.3 is 20.1 Å². The van der Waals surface area contributed by atoms with E-state index in [-0.39, 0.29) is 0 Å². The van der Waals surface area contributed by atoms with Crippen molar-refractivity contribution in [2.45, 2.75) is 6.92 Å². The highest BCUT2D eigenvalue weighted by molar-refractivity contribution is 9.10. The third kappa shape index (κ3) is 4.97. The summed E-state index contributed by atoms with van der Waals surface area (Å²) in [4.78, 5) is 2.39. The number of hydrogen-bond acceptors (Lipinski definition) is 4. The third-order valence-corrected chi connectivity index (χ3v) is 3.20. The summed E-state index contributed by atoms with van der Waals surface area (Å²) in [5, 5.41) is 0. The normalized spacial score (nSPS) is 10.6. The first-order chi connectivity index (χ1) is 8.95. The topological polar surface area (TPSA) is 47.7 Å². The molecule has 0 atom stereocenters. The molecule has 0 spiro atoms. The first kappa shape index (κ1) is 16.2. The Morgan fingerprint density at radius 2 is 2.05 bits per heavy atom. The first-order valence-electron chi connectivity index (χ1n) is 5.99. The van der Waals surface area contributed by atoms with Crippen molar-refractivity contribution in [3.8, 4) is 11.5 Å². The maximum Gasteiger partial charge on any atom is 0.175 e. The number of nitrogens with two attached hydrogens (primary N) is 1. The van der Waals surface area contributed by atoms with Crippen LogP contribution in [0.15, 0.2) is 16.6 Å². The molecule has 106 valence electrons. The second kappa shape index (κ2) is 7.67. The van der Waals surface area contributed by atoms with Gasteiger partial charge in [-0.05, 0) is 49.1 Å². The van der Waals surface area contributed by atoms with Gasteiger partial charge in [0.15, 0.2) is 11.5 Å². The molecule has 1 aromatic rings. The van der Waals surface area contributed by atoms with Crippen LogP contribution in [0.2, 0.25) is 0 Å². The molecule has 0 aromatic heterocycles. The SMILES string of the molecule is CCOc1cc(C(N)=S)cc(Br)c1OCCN(C)C. The highest BCUT2D eigenvalue weighted by Crippen LogP contribution is 2.36. The Morgan fingerprint density at radius 1 is 1.37 bits per heavy atom. The van der Waals surface area contributed by atoms with Gasteiger partial charge in [-0.3, -0.25) is 0 Å². The van der Waals surface area contributed by atoms with Gasteiger partial charge in [-0.2, -0.15) is 0 Å². The van der Waals surface area contributed by atoms with Crippen molar-refractivity contribution in [3.63, 3.8) is 0 Å². The lowest BCUT2D eigenvalue weighted by molar-refractivity contribution is 0.242. The quantitative estimate of drug-likeness (QED) is 0.768. The van der Waals surface area contributed by atoms with Gasteiger partial charge in [-0.25, -0.2) is 0 Å². The predicted octanol–water partition coefficient (Wildman–Crippen LogP) is 2.42. The second-order valence-corrected chi connectivity index (χ2v) is 5.53. The summed E-state index contributed by atoms with van der Waals surface area (Å²) in [6, 6.07) is 3.65. The van der Waals surface area contributed by atoms with Crippen LogP contribution in [0.4, 0.5) is 0 Å². The van der Waals surface area contributed by atoms with Gasteiger partial charge in [-0.1, -0.05) is 12.2 Å². The maximum atomic E-state index is 5.77. The van der Waals surface area contributed by atoms with Crippen LogP contribution in [0.1, 0.15) is 12.5 Å². The lowest BCUT2D eigenvalue weighted by Gasteiger charge is -2.16. The molecule has 1 aromatic carbocycles. The van der Waals surface area contributed by atoms with Gasteiger partial charge in [0.1, 0.15) is 11.6 Å². The first-order valence-corrected chi connectivity index (χ1v) is 7.19. The molecule has 0 unspecified atom stereocenters. The molecule has 0 bridgehead atoms. The fourth-order valence-electron chi connectivity index (χ4n) is 1.44. The van der Waals surface area contributed by atoms with Crippen molar-refractivity contribution in [3.05, 3.63) is 22.2 Å². The molecule has 19 heavy (non-hydrogen) atoms. The Morgan fingerprint density at radius 3 is 2.58 bits per heavy atom. The summed E-state index contributed by atoms with van der Waals surface area (Å²) >= 11 is 8.45. The van der Waals surface area contributed by atoms with E-state index in [9.17, 15) is 0 Å². The van der Waals surface area contributed by atoms with Crippen LogP contribution in [0.3, 0.4) is 0 Å². The van der Waals surface area contributed by atoms with Crippen molar-refractivity contribution in [1.82, 2.24) is 4.90 Å². The largest absolute Gasteiger partial charge is 0.490 e. The molecule has 1 rings (SSSR count). The molecule has 0 radical (unpaired) electrons. The number of nitrogens with zero attached hydrogens (tertiary/aromatic N) is 1. The van der Waals surface area contributed by atoms with E-state index in [4.69, 9.17) is 27.4 Å². The average Bonchev–Trinajstić information content (AvgIpc) is 2.31. The fourth-order valence-corrected chi connectivity index (χ4v) is 2.12. The Bertz CT molecular complexity index is 453. The van der Waals surface area contributed by atoms with Crippen molar-refractivity contribution in [1.29, 1.82) is 0 Å². The summed E-state index contributed by atoms with van der Waals surface area (Å²) in [7, 11) is 4.00. The number of halogens is 1. The molecule has 0 saturated heterocycles. The van der Waals surface area contributed by atoms with Crippen molar-refractivity contribution >= 4 is 33.1 Å². The van der Waals surface area contributed by atoms with E-state index >= 15 is 0 Å². The van der Waals surface area contributed by atoms with Crippen LogP contribution in [0.25, 0.3) is 0 Å². The minimum absolute atomic E-state index is 0.335. The molecule has 0 saturated carbocycles. The van der Waals surface area contributed by atoms with Crippen LogP contribution >= 0.6 is 28.1 Å². The zero-order valence-electron chi connectivity index (χ0n) is 11.4. The van der Waals surface area contributed by atoms with Gasteiger partial charge >= 0.3 is 0 Å². The average molecular weight is 347 g/mol. The van der Waals surface area contributed by atoms with E-state index < -0.39 is 0 Å². The lowest BCUT2D eigenvalue weighted by Crippen LogP contribution is -2.20. The lowest BCUT2D eigenvalue weighted by atomic mass is 10.2. The Hall–Kier alpha value is -0.850. The monoisotopic (exact) mass is 346 g/mol. The zero-order valence-corrected chi connectivity index (χ0v) is 13.8. The predicted molar refractivity (Wildman–Crippen MR) is 85.2 cm³/mol. The van der Waals surface area contributed by atoms with E-state index in [1.54, 1.807) is 0 Å². The Balaban J connectivity index is 2.97. The molecule has 0 heterocycles. The summed E-state index contributed by atoms with van der Waals surface area (Å²) in [6.07, 6.45) is 0. The summed E-state index contributed by atoms with van der Waals surface area (Å²) in [5.41, 5.74) is 6.40. The highest BCUT2D eigenvalue weighted by atomic mass is 79.9. The second-order valence-electron chi connectivity index (χ2n) is 4.23. The summed E-state index contributed by atoms with van der Waals surface area (Å²) < 4.78 is 12.1. The molecule has 0 amide bonds. The Kier molecular flexibility index (Phi) is 6.54. The molecular weight excluding hydrogens is 328 g/mol. The van der Waals surface area contributed by atoms with Gasteiger partial charge in [0, 0.05) is 12.1 Å². The smallest absolute Gasteiger partial charge is 0.175 e. The molecule has 0 aliphatic heterocycles. The molecule has 0 aliphatic rings. The van der Waals surface area contributed by atoms with Crippen molar-refractivity contribution in [2.75, 3.05) is 33.9 Å². The van der Waals surface area contributed by atoms with E-state index in [0.29, 0.717) is 29.7 Å². The minimum Gasteiger partial charge on any atom is -0.490 e. The maximum absolute atomic E-state index is 5.77. The Labute approximate surface area is 128 Å². The molecule has 0 fully saturated rings. The number of thiocarbonyl (C=S) groups is 1. The van der Waals surface area contributed by atoms with Crippen LogP contribution in [0, 0.1) is 0 Å². The number of ether oxygens (including phenoxy) is 2. The summed E-state index contributed by atoms with van der Waals surface area (Å²) in [6.45, 7) is 3.88. The number of benzene rings is 1. The van der Waals surface area contributed by atoms with Gasteiger partial charge in [-0.15, -0.1) is 0 Å². The summed E-state index contributed by atoms with van der Waals surface area (Å²) in [5.74, 6) is 1.34. The number of likely N-dealkylation sites (N-methyl/N-ethyl adjacent to an activating group) is 1.